The van der Waals surface area contributed by atoms with Crippen molar-refractivity contribution in [1.82, 2.24) is 0 Å². The maximum atomic E-state index is 13.7. The number of thioether (sulfide) groups is 1. The van der Waals surface area contributed by atoms with Crippen LogP contribution in [0.15, 0.2) is 42.5 Å². The lowest BCUT2D eigenvalue weighted by atomic mass is 10.2. The Morgan fingerprint density at radius 3 is 2.83 bits per heavy atom. The maximum absolute atomic E-state index is 13.7. The highest BCUT2D eigenvalue weighted by Gasteiger charge is 2.26. The number of fused-ring (bicyclic) bond motifs is 1. The van der Waals surface area contributed by atoms with Gasteiger partial charge in [0.15, 0.2) is 0 Å². The van der Waals surface area contributed by atoms with Crippen molar-refractivity contribution >= 4 is 46.6 Å². The average Bonchev–Trinajstić information content (AvgIpc) is 2.56. The van der Waals surface area contributed by atoms with Gasteiger partial charge in [0.25, 0.3) is 0 Å². The van der Waals surface area contributed by atoms with E-state index < -0.39 is 0 Å². The normalized spacial score (nSPS) is 13.4. The molecule has 2 aromatic carbocycles. The van der Waals surface area contributed by atoms with Gasteiger partial charge in [-0.3, -0.25) is 9.59 Å². The third kappa shape index (κ3) is 3.55. The van der Waals surface area contributed by atoms with Crippen molar-refractivity contribution in [2.24, 2.45) is 0 Å². The molecule has 24 heavy (non-hydrogen) atoms. The van der Waals surface area contributed by atoms with Crippen molar-refractivity contribution in [2.45, 2.75) is 5.75 Å². The molecule has 0 saturated heterocycles. The number of nitrogens with zero attached hydrogens (tertiary/aromatic N) is 1. The topological polar surface area (TPSA) is 49.4 Å². The van der Waals surface area contributed by atoms with E-state index in [0.29, 0.717) is 27.7 Å². The van der Waals surface area contributed by atoms with E-state index in [2.05, 4.69) is 5.32 Å². The summed E-state index contributed by atoms with van der Waals surface area (Å²) >= 11 is 7.24. The molecule has 0 unspecified atom stereocenters. The van der Waals surface area contributed by atoms with Crippen molar-refractivity contribution in [1.29, 1.82) is 0 Å². The van der Waals surface area contributed by atoms with Gasteiger partial charge < -0.3 is 10.2 Å². The predicted molar refractivity (Wildman–Crippen MR) is 95.0 cm³/mol. The highest BCUT2D eigenvalue weighted by atomic mass is 35.5. The monoisotopic (exact) mass is 364 g/mol. The van der Waals surface area contributed by atoms with Gasteiger partial charge in [-0.25, -0.2) is 4.39 Å². The number of benzene rings is 2. The Morgan fingerprint density at radius 2 is 2.04 bits per heavy atom. The number of para-hydroxylation sites is 2. The second kappa shape index (κ2) is 7.23. The van der Waals surface area contributed by atoms with Gasteiger partial charge in [-0.1, -0.05) is 29.8 Å². The molecule has 0 aromatic heterocycles. The fourth-order valence-electron chi connectivity index (χ4n) is 2.44. The number of carbonyl (C=O) groups excluding carboxylic acids is 2. The molecule has 2 amide bonds. The zero-order valence-electron chi connectivity index (χ0n) is 12.6. The van der Waals surface area contributed by atoms with Crippen LogP contribution in [0.1, 0.15) is 5.56 Å². The van der Waals surface area contributed by atoms with Gasteiger partial charge >= 0.3 is 0 Å². The molecule has 7 heteroatoms. The van der Waals surface area contributed by atoms with Gasteiger partial charge in [0.2, 0.25) is 11.8 Å². The number of carbonyl (C=O) groups is 2. The van der Waals surface area contributed by atoms with Gasteiger partial charge in [0.05, 0.1) is 17.1 Å². The number of hydrogen-bond acceptors (Lipinski definition) is 3. The summed E-state index contributed by atoms with van der Waals surface area (Å²) in [5.41, 5.74) is 1.67. The maximum Gasteiger partial charge on any atom is 0.244 e. The molecule has 0 atom stereocenters. The molecule has 3 rings (SSSR count). The number of rotatable bonds is 4. The van der Waals surface area contributed by atoms with E-state index in [0.717, 1.165) is 0 Å². The quantitative estimate of drug-likeness (QED) is 0.900. The van der Waals surface area contributed by atoms with Crippen LogP contribution in [0, 0.1) is 5.82 Å². The lowest BCUT2D eigenvalue weighted by Gasteiger charge is -2.29. The Kier molecular flexibility index (Phi) is 5.06. The SMILES string of the molecule is O=C1CN(C(=O)CSCc2c(F)cccc2Cl)c2ccccc2N1. The van der Waals surface area contributed by atoms with E-state index >= 15 is 0 Å². The minimum Gasteiger partial charge on any atom is -0.323 e. The molecule has 2 aromatic rings. The molecule has 0 aliphatic carbocycles. The standard InChI is InChI=1S/C17H14ClFN2O2S/c18-12-4-3-5-13(19)11(12)9-24-10-17(23)21-8-16(22)20-14-6-1-2-7-15(14)21/h1-7H,8-10H2,(H,20,22). The molecular weight excluding hydrogens is 351 g/mol. The van der Waals surface area contributed by atoms with E-state index in [1.54, 1.807) is 30.3 Å². The van der Waals surface area contributed by atoms with Gasteiger partial charge in [-0.15, -0.1) is 11.8 Å². The van der Waals surface area contributed by atoms with Crippen molar-refractivity contribution in [3.05, 3.63) is 58.9 Å². The van der Waals surface area contributed by atoms with Crippen LogP contribution in [0.5, 0.6) is 0 Å². The molecule has 1 aliphatic rings. The van der Waals surface area contributed by atoms with E-state index in [1.165, 1.54) is 22.7 Å². The zero-order chi connectivity index (χ0) is 17.1. The summed E-state index contributed by atoms with van der Waals surface area (Å²) in [5, 5.41) is 3.08. The third-order valence-corrected chi connectivity index (χ3v) is 4.90. The third-order valence-electron chi connectivity index (χ3n) is 3.61. The van der Waals surface area contributed by atoms with Crippen molar-refractivity contribution in [3.63, 3.8) is 0 Å². The van der Waals surface area contributed by atoms with Gasteiger partial charge in [0, 0.05) is 16.3 Å². The van der Waals surface area contributed by atoms with Crippen molar-refractivity contribution in [2.75, 3.05) is 22.5 Å². The van der Waals surface area contributed by atoms with Crippen LogP contribution in [-0.4, -0.2) is 24.1 Å². The summed E-state index contributed by atoms with van der Waals surface area (Å²) in [6.45, 7) is -0.0170. The molecule has 0 fully saturated rings. The summed E-state index contributed by atoms with van der Waals surface area (Å²) in [7, 11) is 0. The minimum atomic E-state index is -0.384. The molecule has 124 valence electrons. The molecule has 0 bridgehead atoms. The van der Waals surface area contributed by atoms with E-state index in [4.69, 9.17) is 11.6 Å². The Balaban J connectivity index is 1.67. The summed E-state index contributed by atoms with van der Waals surface area (Å²) in [6, 6.07) is 11.6. The number of halogens is 2. The summed E-state index contributed by atoms with van der Waals surface area (Å²) < 4.78 is 13.7. The molecule has 0 spiro atoms. The van der Waals surface area contributed by atoms with Gasteiger partial charge in [0.1, 0.15) is 12.4 Å². The number of nitrogens with one attached hydrogen (secondary N) is 1. The molecular formula is C17H14ClFN2O2S. The Bertz CT molecular complexity index is 780. The lowest BCUT2D eigenvalue weighted by Crippen LogP contribution is -2.43. The van der Waals surface area contributed by atoms with Crippen LogP contribution in [0.4, 0.5) is 15.8 Å². The average molecular weight is 365 g/mol. The highest BCUT2D eigenvalue weighted by molar-refractivity contribution is 7.99. The molecule has 1 aliphatic heterocycles. The molecule has 1 N–H and O–H groups in total. The molecule has 1 heterocycles. The first-order chi connectivity index (χ1) is 11.6. The van der Waals surface area contributed by atoms with E-state index in [1.807, 2.05) is 6.07 Å². The van der Waals surface area contributed by atoms with E-state index in [-0.39, 0.29) is 29.9 Å². The first kappa shape index (κ1) is 16.8. The van der Waals surface area contributed by atoms with Gasteiger partial charge in [-0.05, 0) is 24.3 Å². The second-order valence-corrected chi connectivity index (χ2v) is 6.63. The van der Waals surface area contributed by atoms with Crippen molar-refractivity contribution in [3.8, 4) is 0 Å². The Labute approximate surface area is 148 Å². The van der Waals surface area contributed by atoms with E-state index in [9.17, 15) is 14.0 Å². The predicted octanol–water partition coefficient (Wildman–Crippen LogP) is 3.70. The smallest absolute Gasteiger partial charge is 0.244 e. The zero-order valence-corrected chi connectivity index (χ0v) is 14.2. The fourth-order valence-corrected chi connectivity index (χ4v) is 3.68. The Morgan fingerprint density at radius 1 is 1.25 bits per heavy atom. The first-order valence-corrected chi connectivity index (χ1v) is 8.79. The van der Waals surface area contributed by atoms with Crippen molar-refractivity contribution < 1.29 is 14.0 Å². The first-order valence-electron chi connectivity index (χ1n) is 7.26. The number of hydrogen-bond donors (Lipinski definition) is 1. The second-order valence-electron chi connectivity index (χ2n) is 5.24. The highest BCUT2D eigenvalue weighted by Crippen LogP contribution is 2.30. The Hall–Kier alpha value is -2.05. The summed E-state index contributed by atoms with van der Waals surface area (Å²) in [6.07, 6.45) is 0. The van der Waals surface area contributed by atoms with Crippen LogP contribution in [0.2, 0.25) is 5.02 Å². The van der Waals surface area contributed by atoms with Crippen LogP contribution in [-0.2, 0) is 15.3 Å². The summed E-state index contributed by atoms with van der Waals surface area (Å²) in [4.78, 5) is 25.7. The number of amides is 2. The molecule has 0 saturated carbocycles. The molecule has 4 nitrogen and oxygen atoms in total. The fraction of sp³-hybridized carbons (Fsp3) is 0.176. The van der Waals surface area contributed by atoms with Crippen LogP contribution in [0.25, 0.3) is 0 Å². The largest absolute Gasteiger partial charge is 0.323 e. The summed E-state index contributed by atoms with van der Waals surface area (Å²) in [5.74, 6) is -0.394. The lowest BCUT2D eigenvalue weighted by molar-refractivity contribution is -0.120. The number of anilines is 2. The van der Waals surface area contributed by atoms with Gasteiger partial charge in [-0.2, -0.15) is 0 Å². The van der Waals surface area contributed by atoms with Crippen LogP contribution >= 0.6 is 23.4 Å². The van der Waals surface area contributed by atoms with Crippen LogP contribution in [0.3, 0.4) is 0 Å². The minimum absolute atomic E-state index is 0.0170. The van der Waals surface area contributed by atoms with Crippen LogP contribution < -0.4 is 10.2 Å². The molecule has 0 radical (unpaired) electrons.